The number of hydrogen-bond donors (Lipinski definition) is 0. The first-order valence-corrected chi connectivity index (χ1v) is 52.8. The summed E-state index contributed by atoms with van der Waals surface area (Å²) in [5, 5.41) is 52.1. The maximum absolute atomic E-state index is 13.3. The fourth-order valence-corrected chi connectivity index (χ4v) is 24.3. The van der Waals surface area contributed by atoms with Crippen molar-refractivity contribution >= 4 is 80.1 Å². The Morgan fingerprint density at radius 3 is 1.05 bits per heavy atom. The molecule has 144 heavy (non-hydrogen) atoms. The first-order valence-electron chi connectivity index (χ1n) is 51.9. The van der Waals surface area contributed by atoms with Gasteiger partial charge in [0.2, 0.25) is 11.0 Å². The number of halogens is 2. The van der Waals surface area contributed by atoms with Gasteiger partial charge in [-0.3, -0.25) is 47.0 Å². The quantitative estimate of drug-likeness (QED) is 0.0818. The minimum Gasteiger partial charge on any atom is -0.381 e. The summed E-state index contributed by atoms with van der Waals surface area (Å²) in [6, 6.07) is 30.2. The van der Waals surface area contributed by atoms with Crippen LogP contribution in [-0.4, -0.2) is 227 Å². The Morgan fingerprint density at radius 2 is 0.729 bits per heavy atom. The molecule has 0 bridgehead atoms. The predicted octanol–water partition coefficient (Wildman–Crippen LogP) is 16.7. The number of anilines is 10. The molecule has 34 nitrogen and oxygen atoms in total. The van der Waals surface area contributed by atoms with Crippen molar-refractivity contribution in [1.82, 2.24) is 103 Å². The number of aromatic nitrogens is 19. The van der Waals surface area contributed by atoms with Crippen molar-refractivity contribution in [3.8, 4) is 44.5 Å². The van der Waals surface area contributed by atoms with Crippen molar-refractivity contribution in [3.63, 3.8) is 0 Å². The highest BCUT2D eigenvalue weighted by Crippen LogP contribution is 2.49. The first kappa shape index (κ1) is 94.4. The Kier molecular flexibility index (Phi) is 27.2. The van der Waals surface area contributed by atoms with Crippen LogP contribution in [0.25, 0.3) is 44.5 Å². The van der Waals surface area contributed by atoms with Gasteiger partial charge in [0.15, 0.2) is 29.1 Å². The molecule has 0 unspecified atom stereocenters. The van der Waals surface area contributed by atoms with Crippen LogP contribution in [0.15, 0.2) is 145 Å². The molecule has 10 aromatic heterocycles. The number of benzene rings is 4. The maximum atomic E-state index is 13.3. The lowest BCUT2D eigenvalue weighted by Gasteiger charge is -2.33. The number of hydrogen-bond acceptors (Lipinski definition) is 25. The van der Waals surface area contributed by atoms with Crippen LogP contribution < -0.4 is 29.4 Å². The van der Waals surface area contributed by atoms with Crippen molar-refractivity contribution in [2.45, 2.75) is 205 Å². The molecular weight excluding hydrogens is 1850 g/mol. The largest absolute Gasteiger partial charge is 0.381 e. The van der Waals surface area contributed by atoms with E-state index in [1.54, 1.807) is 22.3 Å². The average Bonchev–Trinajstić information content (AvgIpc) is 1.60. The number of carbonyl (C=O) groups is 2. The van der Waals surface area contributed by atoms with Gasteiger partial charge in [0, 0.05) is 286 Å². The maximum Gasteiger partial charge on any atom is 0.315 e. The summed E-state index contributed by atoms with van der Waals surface area (Å²) in [5.74, 6) is 4.09. The highest BCUT2D eigenvalue weighted by molar-refractivity contribution is 7.13. The van der Waals surface area contributed by atoms with E-state index >= 15 is 0 Å². The van der Waals surface area contributed by atoms with E-state index in [1.165, 1.54) is 94.7 Å². The minimum atomic E-state index is -3.00. The molecule has 12 aliphatic rings. The molecule has 0 N–H and O–H groups in total. The second-order valence-corrected chi connectivity index (χ2v) is 41.0. The topological polar surface area (TPSA) is 291 Å². The second-order valence-electron chi connectivity index (χ2n) is 40.2. The van der Waals surface area contributed by atoms with Gasteiger partial charge in [0.05, 0.1) is 75.1 Å². The Bertz CT molecular complexity index is 6690. The van der Waals surface area contributed by atoms with Crippen LogP contribution in [0.4, 0.5) is 65.8 Å². The van der Waals surface area contributed by atoms with Gasteiger partial charge in [-0.05, 0) is 202 Å². The SMILES string of the molecule is CCCC(=O)N1CCc2c(c(N3CCCc4cc(-c5cnn(C)c5)ccc43)nn2C2CCOCC2)C1.Cn1cc(-c2ccc3c(c2)CCCN3c2nn(C3CCOCC3)c3c2CN(C(=O)C(F)F)CC3)cn1.Cn1cc(-c2ccc3c(c2)CCCN3c2nn(C3CCOCC3)c3c2CN(c2ccon2)CC3)cn1.Cn1cc(-c2ccc3c(c2)CCCN3c2nn(C3CCOCC3)c3c2CN(c2nncs2)CC3)cn1. The highest BCUT2D eigenvalue weighted by Gasteiger charge is 2.42. The molecule has 2 amide bonds. The smallest absolute Gasteiger partial charge is 0.315 e. The fourth-order valence-electron chi connectivity index (χ4n) is 23.7. The highest BCUT2D eigenvalue weighted by atomic mass is 32.1. The van der Waals surface area contributed by atoms with E-state index in [2.05, 4.69) is 182 Å². The van der Waals surface area contributed by atoms with Gasteiger partial charge < -0.3 is 62.7 Å². The molecule has 37 heteroatoms. The molecule has 12 aliphatic heterocycles. The Morgan fingerprint density at radius 1 is 0.396 bits per heavy atom. The minimum absolute atomic E-state index is 0.163. The Hall–Kier alpha value is -13.2. The van der Waals surface area contributed by atoms with Crippen molar-refractivity contribution < 1.29 is 41.8 Å². The van der Waals surface area contributed by atoms with Gasteiger partial charge in [-0.2, -0.15) is 49.6 Å². The van der Waals surface area contributed by atoms with Gasteiger partial charge in [-0.15, -0.1) is 10.2 Å². The molecule has 752 valence electrons. The van der Waals surface area contributed by atoms with Gasteiger partial charge in [0.25, 0.3) is 5.91 Å². The van der Waals surface area contributed by atoms with Crippen LogP contribution >= 0.6 is 11.3 Å². The lowest BCUT2D eigenvalue weighted by molar-refractivity contribution is -0.143. The molecule has 26 rings (SSSR count). The number of nitrogens with zero attached hydrogens (tertiary/aromatic N) is 27. The third kappa shape index (κ3) is 19.1. The van der Waals surface area contributed by atoms with Crippen molar-refractivity contribution in [2.75, 3.05) is 135 Å². The van der Waals surface area contributed by atoms with Gasteiger partial charge >= 0.3 is 6.43 Å². The van der Waals surface area contributed by atoms with Crippen LogP contribution in [0.1, 0.15) is 188 Å². The van der Waals surface area contributed by atoms with E-state index in [4.69, 9.17) is 43.9 Å². The van der Waals surface area contributed by atoms with E-state index in [0.717, 1.165) is 306 Å². The monoisotopic (exact) mass is 1970 g/mol. The van der Waals surface area contributed by atoms with Crippen molar-refractivity contribution in [3.05, 3.63) is 207 Å². The van der Waals surface area contributed by atoms with Crippen LogP contribution in [-0.2, 0) is 134 Å². The van der Waals surface area contributed by atoms with Crippen molar-refractivity contribution in [1.29, 1.82) is 0 Å². The number of ether oxygens (including phenoxy) is 4. The van der Waals surface area contributed by atoms with Crippen LogP contribution in [0.3, 0.4) is 0 Å². The number of carbonyl (C=O) groups excluding carboxylic acids is 2. The van der Waals surface area contributed by atoms with Crippen LogP contribution in [0.5, 0.6) is 0 Å². The number of fused-ring (bicyclic) bond motifs is 8. The third-order valence-corrected chi connectivity index (χ3v) is 31.8. The lowest BCUT2D eigenvalue weighted by Crippen LogP contribution is -2.40. The predicted molar refractivity (Wildman–Crippen MR) is 546 cm³/mol. The van der Waals surface area contributed by atoms with Crippen LogP contribution in [0, 0.1) is 0 Å². The van der Waals surface area contributed by atoms with E-state index in [-0.39, 0.29) is 25.0 Å². The Balaban J connectivity index is 0.000000106. The zero-order valence-corrected chi connectivity index (χ0v) is 83.8. The summed E-state index contributed by atoms with van der Waals surface area (Å²) in [4.78, 5) is 42.6. The third-order valence-electron chi connectivity index (χ3n) is 31.1. The molecule has 0 saturated carbocycles. The average molecular weight is 1970 g/mol. The summed E-state index contributed by atoms with van der Waals surface area (Å²) in [7, 11) is 7.79. The molecule has 0 spiro atoms. The van der Waals surface area contributed by atoms with Gasteiger partial charge in [0.1, 0.15) is 11.8 Å². The number of rotatable bonds is 17. The molecule has 4 fully saturated rings. The standard InChI is InChI=1S/C28H36N6O2.C27H31N7O2.C26H30F2N6O2.C26H30N8OS/c1-3-5-27(35)32-13-9-26-24(19-32)28(30-34(26)23-10-14-36-15-11-23)33-12-4-6-21-16-20(7-8-25(21)33)22-17-29-31(2)18-22;1-31-17-21(16-28-31)19-4-5-24-20(15-19)3-2-10-33(24)27-23-18-32(26-9-14-36-30-26)11-6-25(23)34(29-27)22-7-12-35-13-8-22;1-31-15-19(14-29-31)17-4-5-22-18(13-17)3-2-9-33(22)25-21-16-32(26(35)24(27)28)10-6-23(21)34(30-25)20-7-11-36-12-8-20;1-31-15-20(14-28-31)18-4-5-23-19(13-18)3-2-9-33(23)25-22-16-32(26-29-27-17-36-26)10-6-24(22)34(30-25)21-7-11-35-12-8-21/h7-8,16-18,23H,3-6,9-15,19H2,1-2H3;4-5,9,14-17,22H,2-3,6-8,10-13,18H2,1H3;4-5,13-15,20,24H,2-3,6-12,16H2,1H3;4-5,13-15,17,21H,2-3,6-12,16H2,1H3. The van der Waals surface area contributed by atoms with Crippen molar-refractivity contribution in [2.24, 2.45) is 28.2 Å². The molecule has 0 radical (unpaired) electrons. The molecule has 4 saturated heterocycles. The number of amides is 2. The summed E-state index contributed by atoms with van der Waals surface area (Å²) in [5.41, 5.74) is 31.3. The van der Waals surface area contributed by atoms with E-state index in [0.29, 0.717) is 50.7 Å². The van der Waals surface area contributed by atoms with E-state index in [9.17, 15) is 18.4 Å². The van der Waals surface area contributed by atoms with Gasteiger partial charge in [-0.25, -0.2) is 0 Å². The molecule has 14 aromatic rings. The summed E-state index contributed by atoms with van der Waals surface area (Å²) < 4.78 is 70.7. The number of aryl methyl sites for hydroxylation is 8. The normalized spacial score (nSPS) is 18.4. The molecule has 22 heterocycles. The van der Waals surface area contributed by atoms with Crippen LogP contribution in [0.2, 0.25) is 0 Å². The second kappa shape index (κ2) is 41.5. The summed E-state index contributed by atoms with van der Waals surface area (Å²) in [6.45, 7) is 17.3. The zero-order valence-electron chi connectivity index (χ0n) is 83.0. The summed E-state index contributed by atoms with van der Waals surface area (Å²) >= 11 is 1.61. The number of alkyl halides is 2. The zero-order chi connectivity index (χ0) is 97.6. The molecule has 0 atom stereocenters. The molecular formula is C107H127F2N27O7S. The van der Waals surface area contributed by atoms with Gasteiger partial charge in [-0.1, -0.05) is 47.7 Å². The Labute approximate surface area is 840 Å². The molecule has 0 aliphatic carbocycles. The summed E-state index contributed by atoms with van der Waals surface area (Å²) in [6.07, 6.45) is 35.6. The van der Waals surface area contributed by atoms with E-state index < -0.39 is 12.3 Å². The lowest BCUT2D eigenvalue weighted by atomic mass is 9.96. The van der Waals surface area contributed by atoms with E-state index in [1.807, 2.05) is 89.7 Å². The molecule has 4 aromatic carbocycles. The fraction of sp³-hybridized carbons (Fsp3) is 0.486. The first-order chi connectivity index (χ1) is 70.6.